The third-order valence-corrected chi connectivity index (χ3v) is 3.39. The number of aliphatic hydroxyl groups is 1. The number of ether oxygens (including phenoxy) is 1. The van der Waals surface area contributed by atoms with Crippen molar-refractivity contribution in [1.82, 2.24) is 0 Å². The van der Waals surface area contributed by atoms with Crippen molar-refractivity contribution < 1.29 is 27.8 Å². The van der Waals surface area contributed by atoms with Gasteiger partial charge in [0.15, 0.2) is 5.60 Å². The van der Waals surface area contributed by atoms with E-state index in [2.05, 4.69) is 4.74 Å². The highest BCUT2D eigenvalue weighted by molar-refractivity contribution is 6.19. The Kier molecular flexibility index (Phi) is 5.05. The first-order valence-corrected chi connectivity index (χ1v) is 6.34. The lowest BCUT2D eigenvalue weighted by Crippen LogP contribution is -2.54. The van der Waals surface area contributed by atoms with Crippen molar-refractivity contribution in [2.45, 2.75) is 25.1 Å². The molecule has 0 aliphatic heterocycles. The summed E-state index contributed by atoms with van der Waals surface area (Å²) >= 11 is 5.53. The van der Waals surface area contributed by atoms with E-state index in [4.69, 9.17) is 11.6 Å². The van der Waals surface area contributed by atoms with Crippen LogP contribution in [0.25, 0.3) is 0 Å². The standard InChI is InChI=1S/C13H14ClF3O3/c1-3-20-11(18)12(2,17)13(19,7-14)9-5-4-8(15)6-10(9)16/h4-6,19H,3,7H2,1-2H3. The summed E-state index contributed by atoms with van der Waals surface area (Å²) in [4.78, 5) is 11.6. The lowest BCUT2D eigenvalue weighted by Gasteiger charge is -2.36. The average molecular weight is 311 g/mol. The molecule has 1 rings (SSSR count). The third kappa shape index (κ3) is 2.76. The lowest BCUT2D eigenvalue weighted by atomic mass is 9.81. The molecule has 2 unspecified atom stereocenters. The number of hydrogen-bond donors (Lipinski definition) is 1. The van der Waals surface area contributed by atoms with Crippen molar-refractivity contribution in [2.24, 2.45) is 0 Å². The van der Waals surface area contributed by atoms with Gasteiger partial charge in [-0.15, -0.1) is 11.6 Å². The Morgan fingerprint density at radius 3 is 2.50 bits per heavy atom. The van der Waals surface area contributed by atoms with Crippen molar-refractivity contribution in [3.63, 3.8) is 0 Å². The zero-order valence-corrected chi connectivity index (χ0v) is 11.7. The number of alkyl halides is 2. The molecule has 0 spiro atoms. The molecule has 0 heterocycles. The van der Waals surface area contributed by atoms with Crippen LogP contribution in [0.4, 0.5) is 13.2 Å². The van der Waals surface area contributed by atoms with Gasteiger partial charge in [0.05, 0.1) is 12.5 Å². The number of rotatable bonds is 5. The monoisotopic (exact) mass is 310 g/mol. The highest BCUT2D eigenvalue weighted by atomic mass is 35.5. The molecule has 3 nitrogen and oxygen atoms in total. The van der Waals surface area contributed by atoms with Crippen LogP contribution in [0.5, 0.6) is 0 Å². The molecular formula is C13H14ClF3O3. The van der Waals surface area contributed by atoms with E-state index in [1.54, 1.807) is 0 Å². The van der Waals surface area contributed by atoms with Gasteiger partial charge >= 0.3 is 5.97 Å². The van der Waals surface area contributed by atoms with Crippen molar-refractivity contribution in [3.8, 4) is 0 Å². The second-order valence-corrected chi connectivity index (χ2v) is 4.61. The highest BCUT2D eigenvalue weighted by Crippen LogP contribution is 2.39. The molecule has 1 aromatic carbocycles. The molecule has 0 saturated carbocycles. The minimum absolute atomic E-state index is 0.122. The molecule has 0 bridgehead atoms. The van der Waals surface area contributed by atoms with E-state index in [0.717, 1.165) is 19.1 Å². The number of hydrogen-bond acceptors (Lipinski definition) is 3. The average Bonchev–Trinajstić information content (AvgIpc) is 2.37. The van der Waals surface area contributed by atoms with E-state index in [1.165, 1.54) is 6.92 Å². The van der Waals surface area contributed by atoms with Crippen LogP contribution in [0.15, 0.2) is 18.2 Å². The fourth-order valence-corrected chi connectivity index (χ4v) is 2.11. The highest BCUT2D eigenvalue weighted by Gasteiger charge is 2.56. The summed E-state index contributed by atoms with van der Waals surface area (Å²) in [6, 6.07) is 2.13. The van der Waals surface area contributed by atoms with Crippen LogP contribution in [0.2, 0.25) is 0 Å². The van der Waals surface area contributed by atoms with E-state index in [9.17, 15) is 23.1 Å². The molecular weight excluding hydrogens is 297 g/mol. The number of halogens is 4. The first kappa shape index (κ1) is 16.8. The Labute approximate surface area is 119 Å². The minimum Gasteiger partial charge on any atom is -0.464 e. The maximum atomic E-state index is 14.6. The van der Waals surface area contributed by atoms with Crippen LogP contribution in [0.1, 0.15) is 19.4 Å². The van der Waals surface area contributed by atoms with Crippen LogP contribution in [0.3, 0.4) is 0 Å². The van der Waals surface area contributed by atoms with Crippen LogP contribution < -0.4 is 0 Å². The third-order valence-electron chi connectivity index (χ3n) is 3.01. The lowest BCUT2D eigenvalue weighted by molar-refractivity contribution is -0.176. The Bertz CT molecular complexity index is 508. The normalized spacial score (nSPS) is 17.1. The zero-order chi connectivity index (χ0) is 15.6. The Hall–Kier alpha value is -1.27. The van der Waals surface area contributed by atoms with Crippen molar-refractivity contribution in [3.05, 3.63) is 35.4 Å². The predicted molar refractivity (Wildman–Crippen MR) is 67.1 cm³/mol. The summed E-state index contributed by atoms with van der Waals surface area (Å²) in [7, 11) is 0. The first-order valence-electron chi connectivity index (χ1n) is 5.80. The summed E-state index contributed by atoms with van der Waals surface area (Å²) in [6.45, 7) is 2.06. The molecule has 2 atom stereocenters. The second kappa shape index (κ2) is 6.01. The smallest absolute Gasteiger partial charge is 0.347 e. The van der Waals surface area contributed by atoms with Gasteiger partial charge in [-0.2, -0.15) is 0 Å². The van der Waals surface area contributed by atoms with E-state index in [0.29, 0.717) is 6.07 Å². The predicted octanol–water partition coefficient (Wildman–Crippen LogP) is 2.68. The molecule has 0 aromatic heterocycles. The molecule has 1 aromatic rings. The van der Waals surface area contributed by atoms with E-state index in [1.807, 2.05) is 0 Å². The summed E-state index contributed by atoms with van der Waals surface area (Å²) in [5.41, 5.74) is -6.30. The molecule has 112 valence electrons. The van der Waals surface area contributed by atoms with Crippen LogP contribution in [-0.2, 0) is 15.1 Å². The van der Waals surface area contributed by atoms with Crippen LogP contribution >= 0.6 is 11.6 Å². The van der Waals surface area contributed by atoms with Crippen molar-refractivity contribution in [1.29, 1.82) is 0 Å². The van der Waals surface area contributed by atoms with Gasteiger partial charge in [-0.25, -0.2) is 18.0 Å². The Morgan fingerprint density at radius 2 is 2.05 bits per heavy atom. The Balaban J connectivity index is 3.36. The molecule has 7 heteroatoms. The van der Waals surface area contributed by atoms with Gasteiger partial charge in [-0.3, -0.25) is 0 Å². The molecule has 0 aliphatic carbocycles. The van der Waals surface area contributed by atoms with E-state index >= 15 is 0 Å². The number of carbonyl (C=O) groups is 1. The van der Waals surface area contributed by atoms with Gasteiger partial charge in [0.1, 0.15) is 11.6 Å². The molecule has 0 aliphatic rings. The number of carbonyl (C=O) groups excluding carboxylic acids is 1. The topological polar surface area (TPSA) is 46.5 Å². The van der Waals surface area contributed by atoms with Gasteiger partial charge in [-0.05, 0) is 19.9 Å². The fourth-order valence-electron chi connectivity index (χ4n) is 1.71. The fraction of sp³-hybridized carbons (Fsp3) is 0.462. The summed E-state index contributed by atoms with van der Waals surface area (Å²) in [5.74, 6) is -4.31. The maximum absolute atomic E-state index is 14.6. The van der Waals surface area contributed by atoms with Gasteiger partial charge in [0, 0.05) is 11.6 Å². The quantitative estimate of drug-likeness (QED) is 0.672. The second-order valence-electron chi connectivity index (χ2n) is 4.34. The first-order chi connectivity index (χ1) is 9.20. The summed E-state index contributed by atoms with van der Waals surface area (Å²) < 4.78 is 45.7. The van der Waals surface area contributed by atoms with E-state index < -0.39 is 40.3 Å². The number of benzene rings is 1. The molecule has 20 heavy (non-hydrogen) atoms. The van der Waals surface area contributed by atoms with Gasteiger partial charge in [0.2, 0.25) is 5.67 Å². The summed E-state index contributed by atoms with van der Waals surface area (Å²) in [5, 5.41) is 10.3. The van der Waals surface area contributed by atoms with Gasteiger partial charge in [-0.1, -0.05) is 6.07 Å². The number of esters is 1. The van der Waals surface area contributed by atoms with Crippen molar-refractivity contribution >= 4 is 17.6 Å². The SMILES string of the molecule is CCOC(=O)C(C)(F)C(O)(CCl)c1ccc(F)cc1F. The summed E-state index contributed by atoms with van der Waals surface area (Å²) in [6.07, 6.45) is 0. The van der Waals surface area contributed by atoms with Gasteiger partial charge < -0.3 is 9.84 Å². The maximum Gasteiger partial charge on any atom is 0.347 e. The molecule has 0 saturated heterocycles. The zero-order valence-electron chi connectivity index (χ0n) is 10.9. The van der Waals surface area contributed by atoms with Crippen LogP contribution in [0, 0.1) is 11.6 Å². The minimum atomic E-state index is -3.00. The molecule has 0 radical (unpaired) electrons. The molecule has 1 N–H and O–H groups in total. The van der Waals surface area contributed by atoms with Crippen LogP contribution in [-0.4, -0.2) is 29.2 Å². The van der Waals surface area contributed by atoms with E-state index in [-0.39, 0.29) is 6.61 Å². The largest absolute Gasteiger partial charge is 0.464 e. The van der Waals surface area contributed by atoms with Crippen molar-refractivity contribution in [2.75, 3.05) is 12.5 Å². The van der Waals surface area contributed by atoms with Gasteiger partial charge in [0.25, 0.3) is 0 Å². The molecule has 0 amide bonds. The Morgan fingerprint density at radius 1 is 1.45 bits per heavy atom. The molecule has 0 fully saturated rings.